The molecule has 15 heavy (non-hydrogen) atoms. The topological polar surface area (TPSA) is 21.3 Å². The molecule has 1 atom stereocenters. The number of rotatable bonds is 4. The molecule has 0 spiro atoms. The van der Waals surface area contributed by atoms with E-state index < -0.39 is 0 Å². The standard InChI is InChI=1S/C12H16ClNO/c1-9(14-12-7-15-8-12)6-10-2-4-11(13)5-3-10/h2-5,9,12,14H,6-8H2,1H3. The van der Waals surface area contributed by atoms with E-state index in [0.29, 0.717) is 12.1 Å². The molecule has 1 aromatic carbocycles. The van der Waals surface area contributed by atoms with Gasteiger partial charge in [-0.15, -0.1) is 0 Å². The zero-order chi connectivity index (χ0) is 10.7. The summed E-state index contributed by atoms with van der Waals surface area (Å²) < 4.78 is 5.12. The molecule has 0 bridgehead atoms. The summed E-state index contributed by atoms with van der Waals surface area (Å²) in [4.78, 5) is 0. The summed E-state index contributed by atoms with van der Waals surface area (Å²) in [5.74, 6) is 0. The minimum atomic E-state index is 0.486. The predicted octanol–water partition coefficient (Wildman–Crippen LogP) is 2.26. The van der Waals surface area contributed by atoms with E-state index in [4.69, 9.17) is 16.3 Å². The first-order chi connectivity index (χ1) is 7.24. The fourth-order valence-electron chi connectivity index (χ4n) is 1.77. The smallest absolute Gasteiger partial charge is 0.0643 e. The first-order valence-electron chi connectivity index (χ1n) is 5.32. The molecule has 1 unspecified atom stereocenters. The highest BCUT2D eigenvalue weighted by atomic mass is 35.5. The molecule has 2 rings (SSSR count). The Kier molecular flexibility index (Phi) is 3.62. The van der Waals surface area contributed by atoms with Gasteiger partial charge in [-0.25, -0.2) is 0 Å². The summed E-state index contributed by atoms with van der Waals surface area (Å²) in [6, 6.07) is 9.08. The summed E-state index contributed by atoms with van der Waals surface area (Å²) in [5.41, 5.74) is 1.32. The second-order valence-corrected chi connectivity index (χ2v) is 4.57. The fourth-order valence-corrected chi connectivity index (χ4v) is 1.89. The Morgan fingerprint density at radius 3 is 2.60 bits per heavy atom. The molecule has 1 aliphatic heterocycles. The van der Waals surface area contributed by atoms with E-state index in [1.807, 2.05) is 12.1 Å². The van der Waals surface area contributed by atoms with Crippen LogP contribution in [0.4, 0.5) is 0 Å². The SMILES string of the molecule is CC(Cc1ccc(Cl)cc1)NC1COC1. The van der Waals surface area contributed by atoms with Crippen LogP contribution in [0.5, 0.6) is 0 Å². The summed E-state index contributed by atoms with van der Waals surface area (Å²) in [6.07, 6.45) is 1.04. The van der Waals surface area contributed by atoms with Gasteiger partial charge in [0.1, 0.15) is 0 Å². The molecule has 2 nitrogen and oxygen atoms in total. The Morgan fingerprint density at radius 1 is 1.40 bits per heavy atom. The second kappa shape index (κ2) is 4.97. The largest absolute Gasteiger partial charge is 0.378 e. The van der Waals surface area contributed by atoms with Crippen molar-refractivity contribution >= 4 is 11.6 Å². The minimum Gasteiger partial charge on any atom is -0.378 e. The first kappa shape index (κ1) is 10.9. The highest BCUT2D eigenvalue weighted by Crippen LogP contribution is 2.11. The Hall–Kier alpha value is -0.570. The Morgan fingerprint density at radius 2 is 2.07 bits per heavy atom. The van der Waals surface area contributed by atoms with Crippen LogP contribution in [0, 0.1) is 0 Å². The van der Waals surface area contributed by atoms with Crippen molar-refractivity contribution in [2.45, 2.75) is 25.4 Å². The number of benzene rings is 1. The molecule has 1 aromatic rings. The Balaban J connectivity index is 1.82. The van der Waals surface area contributed by atoms with Gasteiger partial charge in [0, 0.05) is 11.1 Å². The normalized spacial score (nSPS) is 18.5. The van der Waals surface area contributed by atoms with Crippen LogP contribution in [0.25, 0.3) is 0 Å². The lowest BCUT2D eigenvalue weighted by molar-refractivity contribution is -0.00908. The molecular weight excluding hydrogens is 210 g/mol. The van der Waals surface area contributed by atoms with Crippen LogP contribution < -0.4 is 5.32 Å². The zero-order valence-corrected chi connectivity index (χ0v) is 9.63. The molecule has 1 heterocycles. The van der Waals surface area contributed by atoms with E-state index in [1.54, 1.807) is 0 Å². The van der Waals surface area contributed by atoms with Crippen LogP contribution in [0.3, 0.4) is 0 Å². The summed E-state index contributed by atoms with van der Waals surface area (Å²) in [6.45, 7) is 3.91. The molecule has 0 aliphatic carbocycles. The highest BCUT2D eigenvalue weighted by Gasteiger charge is 2.19. The monoisotopic (exact) mass is 225 g/mol. The lowest BCUT2D eigenvalue weighted by Crippen LogP contribution is -2.50. The molecule has 0 saturated carbocycles. The summed E-state index contributed by atoms with van der Waals surface area (Å²) in [5, 5.41) is 4.32. The first-order valence-corrected chi connectivity index (χ1v) is 5.70. The van der Waals surface area contributed by atoms with E-state index in [1.165, 1.54) is 5.56 Å². The molecule has 0 aromatic heterocycles. The van der Waals surface area contributed by atoms with Gasteiger partial charge in [-0.3, -0.25) is 0 Å². The van der Waals surface area contributed by atoms with Crippen molar-refractivity contribution in [2.24, 2.45) is 0 Å². The zero-order valence-electron chi connectivity index (χ0n) is 8.87. The minimum absolute atomic E-state index is 0.486. The molecule has 1 N–H and O–H groups in total. The number of hydrogen-bond donors (Lipinski definition) is 1. The van der Waals surface area contributed by atoms with Gasteiger partial charge in [-0.05, 0) is 31.0 Å². The third-order valence-corrected chi connectivity index (χ3v) is 2.87. The van der Waals surface area contributed by atoms with Crippen LogP contribution in [-0.2, 0) is 11.2 Å². The molecule has 1 aliphatic rings. The molecule has 1 fully saturated rings. The Bertz CT molecular complexity index is 308. The lowest BCUT2D eigenvalue weighted by Gasteiger charge is -2.30. The summed E-state index contributed by atoms with van der Waals surface area (Å²) >= 11 is 5.83. The van der Waals surface area contributed by atoms with Gasteiger partial charge in [0.05, 0.1) is 19.3 Å². The van der Waals surface area contributed by atoms with Gasteiger partial charge in [0.2, 0.25) is 0 Å². The van der Waals surface area contributed by atoms with E-state index in [9.17, 15) is 0 Å². The highest BCUT2D eigenvalue weighted by molar-refractivity contribution is 6.30. The maximum Gasteiger partial charge on any atom is 0.0643 e. The molecular formula is C12H16ClNO. The molecule has 3 heteroatoms. The number of halogens is 1. The van der Waals surface area contributed by atoms with Crippen molar-refractivity contribution in [1.82, 2.24) is 5.32 Å². The van der Waals surface area contributed by atoms with Crippen molar-refractivity contribution in [3.8, 4) is 0 Å². The second-order valence-electron chi connectivity index (χ2n) is 4.13. The van der Waals surface area contributed by atoms with Crippen molar-refractivity contribution in [3.05, 3.63) is 34.9 Å². The Labute approximate surface area is 95.6 Å². The van der Waals surface area contributed by atoms with Gasteiger partial charge in [-0.2, -0.15) is 0 Å². The predicted molar refractivity (Wildman–Crippen MR) is 62.4 cm³/mol. The quantitative estimate of drug-likeness (QED) is 0.849. The maximum absolute atomic E-state index is 5.83. The van der Waals surface area contributed by atoms with E-state index in [0.717, 1.165) is 24.7 Å². The third-order valence-electron chi connectivity index (χ3n) is 2.61. The average Bonchev–Trinajstić information content (AvgIpc) is 2.16. The lowest BCUT2D eigenvalue weighted by atomic mass is 10.1. The van der Waals surface area contributed by atoms with Crippen LogP contribution in [-0.4, -0.2) is 25.3 Å². The third kappa shape index (κ3) is 3.20. The number of nitrogens with one attached hydrogen (secondary N) is 1. The molecule has 0 amide bonds. The fraction of sp³-hybridized carbons (Fsp3) is 0.500. The maximum atomic E-state index is 5.83. The van der Waals surface area contributed by atoms with Gasteiger partial charge < -0.3 is 10.1 Å². The average molecular weight is 226 g/mol. The van der Waals surface area contributed by atoms with Gasteiger partial charge in [-0.1, -0.05) is 23.7 Å². The van der Waals surface area contributed by atoms with Crippen molar-refractivity contribution in [3.63, 3.8) is 0 Å². The number of ether oxygens (including phenoxy) is 1. The van der Waals surface area contributed by atoms with Crippen LogP contribution in [0.2, 0.25) is 5.02 Å². The van der Waals surface area contributed by atoms with Crippen LogP contribution in [0.1, 0.15) is 12.5 Å². The summed E-state index contributed by atoms with van der Waals surface area (Å²) in [7, 11) is 0. The van der Waals surface area contributed by atoms with Gasteiger partial charge in [0.25, 0.3) is 0 Å². The molecule has 0 radical (unpaired) electrons. The van der Waals surface area contributed by atoms with Gasteiger partial charge in [0.15, 0.2) is 0 Å². The van der Waals surface area contributed by atoms with Crippen molar-refractivity contribution in [2.75, 3.05) is 13.2 Å². The van der Waals surface area contributed by atoms with E-state index >= 15 is 0 Å². The molecule has 82 valence electrons. The van der Waals surface area contributed by atoms with Crippen LogP contribution >= 0.6 is 11.6 Å². The van der Waals surface area contributed by atoms with Gasteiger partial charge >= 0.3 is 0 Å². The number of hydrogen-bond acceptors (Lipinski definition) is 2. The van der Waals surface area contributed by atoms with Crippen molar-refractivity contribution in [1.29, 1.82) is 0 Å². The van der Waals surface area contributed by atoms with E-state index in [-0.39, 0.29) is 0 Å². The molecule has 1 saturated heterocycles. The van der Waals surface area contributed by atoms with E-state index in [2.05, 4.69) is 24.4 Å². The van der Waals surface area contributed by atoms with Crippen LogP contribution in [0.15, 0.2) is 24.3 Å². The van der Waals surface area contributed by atoms with Crippen molar-refractivity contribution < 1.29 is 4.74 Å².